The third-order valence-corrected chi connectivity index (χ3v) is 8.86. The first kappa shape index (κ1) is 34.1. The molecular formula is C36H26ClF3N8O4. The summed E-state index contributed by atoms with van der Waals surface area (Å²) in [6.45, 7) is -0.536. The summed E-state index contributed by atoms with van der Waals surface area (Å²) in [5.41, 5.74) is 5.26. The number of hydrogen-bond acceptors (Lipinski definition) is 8. The lowest BCUT2D eigenvalue weighted by Crippen LogP contribution is -2.42. The highest BCUT2D eigenvalue weighted by Crippen LogP contribution is 2.36. The summed E-state index contributed by atoms with van der Waals surface area (Å²) < 4.78 is 46.7. The van der Waals surface area contributed by atoms with Gasteiger partial charge in [-0.25, -0.2) is 32.1 Å². The zero-order chi connectivity index (χ0) is 36.8. The number of hydrogen-bond donors (Lipinski definition) is 3. The van der Waals surface area contributed by atoms with Crippen molar-refractivity contribution in [1.29, 1.82) is 0 Å². The number of nitrogens with zero attached hydrogens (tertiary/aromatic N) is 6. The number of benzene rings is 4. The van der Waals surface area contributed by atoms with E-state index < -0.39 is 52.9 Å². The van der Waals surface area contributed by atoms with Crippen molar-refractivity contribution in [2.24, 2.45) is 12.8 Å². The maximum absolute atomic E-state index is 15.1. The minimum Gasteiger partial charge on any atom is -0.478 e. The summed E-state index contributed by atoms with van der Waals surface area (Å²) in [7, 11) is 1.72. The molecule has 7 rings (SSSR count). The predicted molar refractivity (Wildman–Crippen MR) is 189 cm³/mol. The van der Waals surface area contributed by atoms with Crippen molar-refractivity contribution in [3.8, 4) is 16.8 Å². The molecule has 0 bridgehead atoms. The van der Waals surface area contributed by atoms with Crippen molar-refractivity contribution in [2.45, 2.75) is 13.0 Å². The number of halogens is 4. The molecule has 4 N–H and O–H groups in total. The molecule has 262 valence electrons. The lowest BCUT2D eigenvalue weighted by Gasteiger charge is -2.20. The Morgan fingerprint density at radius 1 is 0.981 bits per heavy atom. The van der Waals surface area contributed by atoms with Crippen LogP contribution in [0.2, 0.25) is 5.02 Å². The van der Waals surface area contributed by atoms with Gasteiger partial charge in [-0.2, -0.15) is 10.1 Å². The third-order valence-electron chi connectivity index (χ3n) is 8.56. The molecule has 7 aromatic rings. The van der Waals surface area contributed by atoms with E-state index in [4.69, 9.17) is 17.3 Å². The molecule has 3 heterocycles. The van der Waals surface area contributed by atoms with Gasteiger partial charge < -0.3 is 16.2 Å². The van der Waals surface area contributed by atoms with Crippen molar-refractivity contribution >= 4 is 50.9 Å². The van der Waals surface area contributed by atoms with Gasteiger partial charge in [-0.1, -0.05) is 48.0 Å². The van der Waals surface area contributed by atoms with Crippen molar-refractivity contribution in [1.82, 2.24) is 28.9 Å². The molecule has 0 saturated carbocycles. The van der Waals surface area contributed by atoms with Crippen LogP contribution in [0, 0.1) is 17.5 Å². The summed E-state index contributed by atoms with van der Waals surface area (Å²) in [6, 6.07) is 13.7. The van der Waals surface area contributed by atoms with Crippen LogP contribution < -0.4 is 22.4 Å². The Morgan fingerprint density at radius 2 is 1.73 bits per heavy atom. The van der Waals surface area contributed by atoms with E-state index in [1.165, 1.54) is 18.5 Å². The van der Waals surface area contributed by atoms with Gasteiger partial charge in [0.05, 0.1) is 40.2 Å². The summed E-state index contributed by atoms with van der Waals surface area (Å²) in [5.74, 6) is -5.56. The molecule has 0 unspecified atom stereocenters. The number of aryl methyl sites for hydroxylation is 1. The monoisotopic (exact) mass is 726 g/mol. The van der Waals surface area contributed by atoms with Crippen molar-refractivity contribution in [3.63, 3.8) is 0 Å². The average Bonchev–Trinajstić information content (AvgIpc) is 3.49. The van der Waals surface area contributed by atoms with E-state index in [0.29, 0.717) is 49.7 Å². The fourth-order valence-electron chi connectivity index (χ4n) is 6.27. The third kappa shape index (κ3) is 5.95. The largest absolute Gasteiger partial charge is 0.478 e. The van der Waals surface area contributed by atoms with Gasteiger partial charge in [0.25, 0.3) is 0 Å². The van der Waals surface area contributed by atoms with Gasteiger partial charge in [0.2, 0.25) is 5.95 Å². The molecule has 4 aromatic carbocycles. The van der Waals surface area contributed by atoms with Crippen LogP contribution in [0.5, 0.6) is 0 Å². The first-order valence-electron chi connectivity index (χ1n) is 15.7. The number of fused-ring (bicyclic) bond motifs is 2. The van der Waals surface area contributed by atoms with Crippen LogP contribution >= 0.6 is 11.6 Å². The second kappa shape index (κ2) is 13.4. The van der Waals surface area contributed by atoms with E-state index in [1.54, 1.807) is 60.4 Å². The van der Waals surface area contributed by atoms with Crippen LogP contribution in [-0.2, 0) is 20.0 Å². The molecule has 0 atom stereocenters. The quantitative estimate of drug-likeness (QED) is 0.162. The molecule has 0 saturated heterocycles. The van der Waals surface area contributed by atoms with Gasteiger partial charge in [0.1, 0.15) is 5.82 Å². The van der Waals surface area contributed by atoms with Gasteiger partial charge in [0, 0.05) is 47.2 Å². The van der Waals surface area contributed by atoms with Crippen LogP contribution in [0.25, 0.3) is 38.5 Å². The number of carbonyl (C=O) groups is 1. The van der Waals surface area contributed by atoms with Crippen LogP contribution in [0.3, 0.4) is 0 Å². The molecule has 0 aliphatic heterocycles. The number of nitrogens with one attached hydrogen (secondary N) is 1. The number of carboxylic acid groups (broad SMARTS) is 1. The van der Waals surface area contributed by atoms with Crippen LogP contribution in [0.4, 0.5) is 24.8 Å². The number of carboxylic acids is 1. The van der Waals surface area contributed by atoms with Crippen molar-refractivity contribution in [2.75, 3.05) is 11.9 Å². The highest BCUT2D eigenvalue weighted by Gasteiger charge is 2.24. The van der Waals surface area contributed by atoms with E-state index in [9.17, 15) is 28.3 Å². The number of rotatable bonds is 9. The van der Waals surface area contributed by atoms with Crippen molar-refractivity contribution in [3.05, 3.63) is 139 Å². The second-order valence-electron chi connectivity index (χ2n) is 11.8. The van der Waals surface area contributed by atoms with E-state index in [-0.39, 0.29) is 40.3 Å². The number of aromatic carboxylic acids is 1. The molecule has 12 nitrogen and oxygen atoms in total. The van der Waals surface area contributed by atoms with Gasteiger partial charge in [0.15, 0.2) is 11.6 Å². The number of pyridine rings is 1. The predicted octanol–water partition coefficient (Wildman–Crippen LogP) is 5.56. The average molecular weight is 727 g/mol. The maximum Gasteiger partial charge on any atom is 0.359 e. The number of anilines is 2. The molecule has 0 aliphatic carbocycles. The molecule has 0 fully saturated rings. The highest BCUT2D eigenvalue weighted by molar-refractivity contribution is 6.34. The number of nitrogens with two attached hydrogens (primary N) is 1. The van der Waals surface area contributed by atoms with E-state index in [0.717, 1.165) is 4.57 Å². The van der Waals surface area contributed by atoms with Crippen LogP contribution in [0.15, 0.2) is 88.8 Å². The molecule has 16 heteroatoms. The summed E-state index contributed by atoms with van der Waals surface area (Å²) >= 11 is 6.71. The maximum atomic E-state index is 15.1. The molecule has 0 spiro atoms. The molecule has 52 heavy (non-hydrogen) atoms. The molecule has 0 amide bonds. The van der Waals surface area contributed by atoms with Crippen molar-refractivity contribution < 1.29 is 23.1 Å². The van der Waals surface area contributed by atoms with E-state index in [2.05, 4.69) is 20.4 Å². The Labute approximate surface area is 296 Å². The standard InChI is InChI=1S/C36H26ClF3N8O4/c1-46-17-24-22(9-10-41)32(25(37)12-29(24)45-46)43-34-44-35(51)48(36(52)47(34)16-19-11-27(39)28(40)13-26(19)38)30-15-42-14-18-5-4-8-21(31(18)30)20-6-2-3-7-23(20)33(49)50/h2-8,11-15,17H,9-10,16,41H2,1H3,(H,49,50)(H,43,44,51). The summed E-state index contributed by atoms with van der Waals surface area (Å²) in [6.07, 6.45) is 4.74. The van der Waals surface area contributed by atoms with Gasteiger partial charge in [-0.15, -0.1) is 0 Å². The smallest absolute Gasteiger partial charge is 0.359 e. The minimum atomic E-state index is -1.44. The fraction of sp³-hybridized carbons (Fsp3) is 0.111. The molecular weight excluding hydrogens is 701 g/mol. The lowest BCUT2D eigenvalue weighted by molar-refractivity contribution is 0.0697. The van der Waals surface area contributed by atoms with E-state index in [1.807, 2.05) is 0 Å². The first-order valence-corrected chi connectivity index (χ1v) is 16.0. The molecule has 0 radical (unpaired) electrons. The zero-order valence-electron chi connectivity index (χ0n) is 27.1. The highest BCUT2D eigenvalue weighted by atomic mass is 35.5. The lowest BCUT2D eigenvalue weighted by atomic mass is 9.94. The van der Waals surface area contributed by atoms with Gasteiger partial charge >= 0.3 is 17.3 Å². The van der Waals surface area contributed by atoms with E-state index >= 15 is 4.39 Å². The Morgan fingerprint density at radius 3 is 2.50 bits per heavy atom. The Bertz CT molecular complexity index is 2710. The summed E-state index contributed by atoms with van der Waals surface area (Å²) in [5, 5.41) is 18.9. The zero-order valence-corrected chi connectivity index (χ0v) is 27.8. The first-order chi connectivity index (χ1) is 25.0. The minimum absolute atomic E-state index is 0.0373. The Balaban J connectivity index is 1.51. The Kier molecular flexibility index (Phi) is 8.82. The normalized spacial score (nSPS) is 11.4. The van der Waals surface area contributed by atoms with Gasteiger partial charge in [-0.3, -0.25) is 14.2 Å². The SMILES string of the molecule is Cn1cc2c(CCN)c(Nc3nc(=O)n(-c4cncc5cccc(-c6ccccc6C(=O)O)c45)c(=O)n3Cc3cc(F)c(F)cc3F)c(Cl)cc2n1. The topological polar surface area (TPSA) is 163 Å². The molecule has 3 aromatic heterocycles. The summed E-state index contributed by atoms with van der Waals surface area (Å²) in [4.78, 5) is 49.2. The van der Waals surface area contributed by atoms with Gasteiger partial charge in [-0.05, 0) is 47.9 Å². The molecule has 0 aliphatic rings. The van der Waals surface area contributed by atoms with Crippen LogP contribution in [0.1, 0.15) is 21.5 Å². The second-order valence-corrected chi connectivity index (χ2v) is 12.2. The number of aromatic nitrogens is 6. The Hall–Kier alpha value is -6.32. The fourth-order valence-corrected chi connectivity index (χ4v) is 6.54. The van der Waals surface area contributed by atoms with Crippen LogP contribution in [-0.4, -0.2) is 46.5 Å².